The highest BCUT2D eigenvalue weighted by Gasteiger charge is 2.37. The average molecular weight is 1570 g/mol. The number of nitrogens with one attached hydrogen (secondary N) is 6. The number of hydrogen-bond acceptors (Lipinski definition) is 23. The molecular formula is C68H99N19O22S. The van der Waals surface area contributed by atoms with Gasteiger partial charge in [0.1, 0.15) is 18.8 Å². The lowest BCUT2D eigenvalue weighted by Gasteiger charge is -2.28. The lowest BCUT2D eigenvalue weighted by Crippen LogP contribution is -2.53. The Morgan fingerprint density at radius 2 is 0.955 bits per heavy atom. The molecule has 1 aromatic carbocycles. The molecule has 0 spiro atoms. The topological polar surface area (TPSA) is 527 Å². The van der Waals surface area contributed by atoms with Gasteiger partial charge in [-0.05, 0) is 37.2 Å². The van der Waals surface area contributed by atoms with Crippen LogP contribution in [0.3, 0.4) is 0 Å². The van der Waals surface area contributed by atoms with Crippen molar-refractivity contribution in [2.75, 3.05) is 162 Å². The minimum absolute atomic E-state index is 0.0135. The number of carboxylic acids is 1. The fraction of sp³-hybridized carbons (Fsp3) is 0.588. The fourth-order valence-electron chi connectivity index (χ4n) is 11.1. The van der Waals surface area contributed by atoms with Crippen molar-refractivity contribution in [2.24, 2.45) is 11.7 Å². The number of carboxylic acid groups (broad SMARTS) is 1. The van der Waals surface area contributed by atoms with Gasteiger partial charge in [0.25, 0.3) is 5.91 Å². The highest BCUT2D eigenvalue weighted by atomic mass is 32.2. The van der Waals surface area contributed by atoms with Gasteiger partial charge in [-0.1, -0.05) is 43.2 Å². The zero-order valence-corrected chi connectivity index (χ0v) is 63.9. The van der Waals surface area contributed by atoms with Gasteiger partial charge >= 0.3 is 5.97 Å². The van der Waals surface area contributed by atoms with Crippen LogP contribution in [-0.4, -0.2) is 364 Å². The van der Waals surface area contributed by atoms with E-state index in [9.17, 15) is 99.8 Å². The largest absolute Gasteiger partial charge is 0.481 e. The molecule has 2 saturated carbocycles. The molecule has 0 radical (unpaired) electrons. The van der Waals surface area contributed by atoms with Crippen LogP contribution in [0.15, 0.2) is 41.7 Å². The monoisotopic (exact) mass is 1570 g/mol. The van der Waals surface area contributed by atoms with Crippen LogP contribution in [0, 0.1) is 5.92 Å². The molecule has 604 valence electrons. The molecule has 0 unspecified atom stereocenters. The van der Waals surface area contributed by atoms with Gasteiger partial charge in [0, 0.05) is 102 Å². The third kappa shape index (κ3) is 29.0. The van der Waals surface area contributed by atoms with Crippen LogP contribution in [0.5, 0.6) is 0 Å². The van der Waals surface area contributed by atoms with E-state index >= 15 is 0 Å². The van der Waals surface area contributed by atoms with Gasteiger partial charge in [0.2, 0.25) is 110 Å². The van der Waals surface area contributed by atoms with Crippen LogP contribution < -0.4 is 37.6 Å². The molecule has 2 aliphatic carbocycles. The molecule has 17 amide bonds. The Bertz CT molecular complexity index is 3880. The second-order valence-corrected chi connectivity index (χ2v) is 29.3. The number of rotatable bonds is 43. The van der Waals surface area contributed by atoms with E-state index in [1.165, 1.54) is 68.3 Å². The molecule has 0 saturated heterocycles. The Morgan fingerprint density at radius 1 is 0.536 bits per heavy atom. The van der Waals surface area contributed by atoms with Crippen LogP contribution in [0.2, 0.25) is 0 Å². The smallest absolute Gasteiger partial charge is 0.305 e. The summed E-state index contributed by atoms with van der Waals surface area (Å²) in [6.07, 6.45) is 3.01. The quantitative estimate of drug-likeness (QED) is 0.0226. The number of aliphatic carboxylic acids is 1. The molecule has 2 aromatic rings. The molecule has 1 aromatic heterocycles. The summed E-state index contributed by atoms with van der Waals surface area (Å²) in [4.78, 5) is 253. The number of sulfone groups is 1. The number of aromatic nitrogens is 2. The van der Waals surface area contributed by atoms with Gasteiger partial charge < -0.3 is 96.5 Å². The molecule has 2 heterocycles. The number of ether oxygens (including phenoxy) is 1. The summed E-state index contributed by atoms with van der Waals surface area (Å²) >= 11 is 0. The van der Waals surface area contributed by atoms with Crippen LogP contribution in [0.1, 0.15) is 79.4 Å². The van der Waals surface area contributed by atoms with E-state index in [0.717, 1.165) is 76.0 Å². The van der Waals surface area contributed by atoms with Gasteiger partial charge in [-0.15, -0.1) is 0 Å². The summed E-state index contributed by atoms with van der Waals surface area (Å²) in [5.41, 5.74) is 5.95. The van der Waals surface area contributed by atoms with Crippen LogP contribution >= 0.6 is 0 Å². The molecule has 3 atom stereocenters. The highest BCUT2D eigenvalue weighted by Crippen LogP contribution is 2.36. The van der Waals surface area contributed by atoms with Crippen molar-refractivity contribution < 1.29 is 105 Å². The van der Waals surface area contributed by atoms with E-state index in [2.05, 4.69) is 41.9 Å². The number of benzene rings is 1. The van der Waals surface area contributed by atoms with E-state index in [-0.39, 0.29) is 68.0 Å². The Hall–Kier alpha value is -11.3. The normalized spacial score (nSPS) is 13.9. The first kappa shape index (κ1) is 89.3. The molecular weight excluding hydrogens is 1470 g/mol. The zero-order chi connectivity index (χ0) is 81.9. The SMILES string of the molecule is CN(CC(N)=O)C(=O)CN(C)C(=O)CN(C)C(=O)CN(C)C(=O)CN(C)C(=O)CN(C)C(=O)CN(C)C(=O)CN(C)C(=O)CN(C)C(=O)C[C@H](NC(=O)CCN1CCc2nc(S(=O)(=O)C3CCCC3)ncc2C1=O)C(=O)NCC(=O)NCC(=O)N[C@@H](Cc1ccccc1)C(=O)NCC(=O)NCO[C@@H](CC(=O)O)C1CC1. The lowest BCUT2D eigenvalue weighted by atomic mass is 10.1. The fourth-order valence-corrected chi connectivity index (χ4v) is 12.7. The number of primary amides is 1. The summed E-state index contributed by atoms with van der Waals surface area (Å²) < 4.78 is 32.0. The molecule has 9 N–H and O–H groups in total. The highest BCUT2D eigenvalue weighted by molar-refractivity contribution is 7.91. The standard InChI is InChI=1S/C68H99N19O22S/c1-78(32-50(69)88)56(94)34-80(3)58(96)36-82(5)60(98)38-84(7)62(100)40-86(9)63(101)39-85(8)61(99)37-83(6)59(97)35-81(4)57(95)33-79(2)55(93)26-48(75-51(89)22-24-87-23-21-46-45(67(87)106)28-73-68(77-46)110(107,108)44-17-13-14-18-44)66(105)71-29-52(90)70-31-54(92)76-47(25-42-15-11-10-12-16-42)65(104)72-30-53(91)74-41-109-49(27-64(102)103)43-19-20-43/h10-12,15-16,28,43-44,47-49H,13-14,17-27,29-41H2,1-9H3,(H2,69,88)(H,70,90)(H,71,105)(H,72,104)(H,74,91)(H,75,89)(H,76,92)(H,102,103)/t47-,48-,49-/m0/s1. The predicted molar refractivity (Wildman–Crippen MR) is 384 cm³/mol. The van der Waals surface area contributed by atoms with Crippen molar-refractivity contribution in [1.29, 1.82) is 0 Å². The summed E-state index contributed by atoms with van der Waals surface area (Å²) in [7, 11) is 7.53. The van der Waals surface area contributed by atoms with Crippen LogP contribution in [0.4, 0.5) is 0 Å². The van der Waals surface area contributed by atoms with Gasteiger partial charge in [-0.3, -0.25) is 86.3 Å². The molecule has 0 bridgehead atoms. The van der Waals surface area contributed by atoms with Crippen molar-refractivity contribution in [3.8, 4) is 0 Å². The number of nitrogens with zero attached hydrogens (tertiary/aromatic N) is 12. The number of carbonyl (C=O) groups is 18. The van der Waals surface area contributed by atoms with Crippen LogP contribution in [-0.2, 0) is 109 Å². The van der Waals surface area contributed by atoms with E-state index in [0.29, 0.717) is 18.4 Å². The third-order valence-corrected chi connectivity index (χ3v) is 20.2. The number of nitrogens with two attached hydrogens (primary N) is 1. The van der Waals surface area contributed by atoms with E-state index in [1.807, 2.05) is 0 Å². The number of likely N-dealkylation sites (N-methyl/N-ethyl adjacent to an activating group) is 9. The van der Waals surface area contributed by atoms with Gasteiger partial charge in [0.15, 0.2) is 0 Å². The molecule has 42 heteroatoms. The molecule has 3 aliphatic rings. The first-order valence-electron chi connectivity index (χ1n) is 35.1. The Labute approximate surface area is 635 Å². The number of carbonyl (C=O) groups excluding carboxylic acids is 17. The molecule has 41 nitrogen and oxygen atoms in total. The summed E-state index contributed by atoms with van der Waals surface area (Å²) in [6, 6.07) is 5.41. The Morgan fingerprint density at radius 3 is 1.40 bits per heavy atom. The third-order valence-electron chi connectivity index (χ3n) is 18.1. The second-order valence-electron chi connectivity index (χ2n) is 27.2. The Balaban J connectivity index is 1.13. The average Bonchev–Trinajstić information content (AvgIpc) is 1.04. The number of hydrogen-bond donors (Lipinski definition) is 8. The van der Waals surface area contributed by atoms with Crippen molar-refractivity contribution in [1.82, 2.24) is 90.9 Å². The van der Waals surface area contributed by atoms with E-state index in [1.54, 1.807) is 30.3 Å². The maximum absolute atomic E-state index is 13.9. The molecule has 2 fully saturated rings. The minimum Gasteiger partial charge on any atom is -0.481 e. The maximum Gasteiger partial charge on any atom is 0.305 e. The number of amides is 17. The van der Waals surface area contributed by atoms with Crippen molar-refractivity contribution in [2.45, 2.75) is 99.2 Å². The van der Waals surface area contributed by atoms with E-state index < -0.39 is 225 Å². The van der Waals surface area contributed by atoms with E-state index in [4.69, 9.17) is 10.5 Å². The zero-order valence-electron chi connectivity index (χ0n) is 63.1. The van der Waals surface area contributed by atoms with Crippen LogP contribution in [0.25, 0.3) is 0 Å². The predicted octanol–water partition coefficient (Wildman–Crippen LogP) is -7.51. The molecule has 5 rings (SSSR count). The summed E-state index contributed by atoms with van der Waals surface area (Å²) in [5, 5.41) is 22.6. The number of fused-ring (bicyclic) bond motifs is 1. The second kappa shape index (κ2) is 42.4. The first-order chi connectivity index (χ1) is 51.7. The maximum atomic E-state index is 13.9. The summed E-state index contributed by atoms with van der Waals surface area (Å²) in [5.74, 6) is -14.2. The van der Waals surface area contributed by atoms with Crippen molar-refractivity contribution in [3.63, 3.8) is 0 Å². The molecule has 1 aliphatic heterocycles. The van der Waals surface area contributed by atoms with Gasteiger partial charge in [-0.2, -0.15) is 0 Å². The van der Waals surface area contributed by atoms with Gasteiger partial charge in [0.05, 0.1) is 114 Å². The molecule has 110 heavy (non-hydrogen) atoms. The van der Waals surface area contributed by atoms with Gasteiger partial charge in [-0.25, -0.2) is 18.4 Å². The Kier molecular flexibility index (Phi) is 34.4. The van der Waals surface area contributed by atoms with Crippen molar-refractivity contribution in [3.05, 3.63) is 53.3 Å². The first-order valence-corrected chi connectivity index (χ1v) is 36.7. The minimum atomic E-state index is -3.85. The lowest BCUT2D eigenvalue weighted by molar-refractivity contribution is -0.146. The van der Waals surface area contributed by atoms with Crippen molar-refractivity contribution >= 4 is 116 Å². The summed E-state index contributed by atoms with van der Waals surface area (Å²) in [6.45, 7) is -7.48.